The number of nitrogens with one attached hydrogen (secondary N) is 1. The van der Waals surface area contributed by atoms with Crippen molar-refractivity contribution in [3.8, 4) is 0 Å². The number of nitrogens with zero attached hydrogens (tertiary/aromatic N) is 2. The number of carbonyl (C=O) groups excluding carboxylic acids is 1. The number of amides is 1. The first-order valence-electron chi connectivity index (χ1n) is 10.7. The van der Waals surface area contributed by atoms with Gasteiger partial charge in [0.25, 0.3) is 5.91 Å². The van der Waals surface area contributed by atoms with Crippen molar-refractivity contribution in [3.05, 3.63) is 58.9 Å². The summed E-state index contributed by atoms with van der Waals surface area (Å²) in [7, 11) is 0. The Labute approximate surface area is 175 Å². The van der Waals surface area contributed by atoms with Gasteiger partial charge in [-0.3, -0.25) is 9.69 Å². The number of aromatic nitrogens is 1. The molecule has 1 aliphatic heterocycles. The lowest BCUT2D eigenvalue weighted by atomic mass is 10.0. The molecule has 0 radical (unpaired) electrons. The van der Waals surface area contributed by atoms with Gasteiger partial charge in [0, 0.05) is 37.1 Å². The minimum absolute atomic E-state index is 0.0171. The Morgan fingerprint density at radius 2 is 1.76 bits per heavy atom. The van der Waals surface area contributed by atoms with Crippen LogP contribution in [0.2, 0.25) is 0 Å². The molecule has 158 valence electrons. The van der Waals surface area contributed by atoms with Crippen LogP contribution in [0.5, 0.6) is 0 Å². The smallest absolute Gasteiger partial charge is 0.253 e. The number of aryl methyl sites for hydroxylation is 1. The zero-order chi connectivity index (χ0) is 21.0. The second-order valence-electron chi connectivity index (χ2n) is 8.41. The molecule has 2 heterocycles. The fraction of sp³-hybridized carbons (Fsp3) is 0.542. The van der Waals surface area contributed by atoms with Crippen LogP contribution in [0.25, 0.3) is 0 Å². The Morgan fingerprint density at radius 1 is 1.10 bits per heavy atom. The first-order chi connectivity index (χ1) is 13.9. The minimum atomic E-state index is 0.0171. The van der Waals surface area contributed by atoms with Gasteiger partial charge in [-0.2, -0.15) is 0 Å². The monoisotopic (exact) mass is 397 g/mol. The van der Waals surface area contributed by atoms with Crippen molar-refractivity contribution in [1.82, 2.24) is 14.8 Å². The molecule has 0 spiro atoms. The fourth-order valence-corrected chi connectivity index (χ4v) is 4.47. The van der Waals surface area contributed by atoms with Crippen molar-refractivity contribution >= 4 is 5.91 Å². The largest absolute Gasteiger partial charge is 0.379 e. The summed E-state index contributed by atoms with van der Waals surface area (Å²) in [6.45, 7) is 14.8. The van der Waals surface area contributed by atoms with Crippen LogP contribution in [0.4, 0.5) is 0 Å². The third-order valence-electron chi connectivity index (χ3n) is 6.15. The molecule has 2 unspecified atom stereocenters. The lowest BCUT2D eigenvalue weighted by Crippen LogP contribution is -2.51. The third kappa shape index (κ3) is 4.90. The molecule has 1 amide bonds. The Kier molecular flexibility index (Phi) is 7.14. The predicted octanol–water partition coefficient (Wildman–Crippen LogP) is 3.80. The lowest BCUT2D eigenvalue weighted by Gasteiger charge is -2.36. The maximum atomic E-state index is 13.0. The Bertz CT molecular complexity index is 807. The molecular weight excluding hydrogens is 362 g/mol. The van der Waals surface area contributed by atoms with Gasteiger partial charge in [-0.05, 0) is 38.3 Å². The minimum Gasteiger partial charge on any atom is -0.379 e. The van der Waals surface area contributed by atoms with Crippen LogP contribution in [0, 0.1) is 19.8 Å². The topological polar surface area (TPSA) is 46.5 Å². The summed E-state index contributed by atoms with van der Waals surface area (Å²) >= 11 is 0. The maximum absolute atomic E-state index is 13.0. The predicted molar refractivity (Wildman–Crippen MR) is 118 cm³/mol. The van der Waals surface area contributed by atoms with Gasteiger partial charge in [0.1, 0.15) is 0 Å². The molecule has 5 heteroatoms. The third-order valence-corrected chi connectivity index (χ3v) is 6.15. The number of ether oxygens (including phenoxy) is 1. The van der Waals surface area contributed by atoms with Crippen LogP contribution in [0.15, 0.2) is 36.4 Å². The molecule has 3 rings (SSSR count). The van der Waals surface area contributed by atoms with Gasteiger partial charge in [-0.1, -0.05) is 44.2 Å². The number of benzene rings is 1. The number of hydrogen-bond donors (Lipinski definition) is 1. The first-order valence-corrected chi connectivity index (χ1v) is 10.7. The van der Waals surface area contributed by atoms with E-state index in [1.54, 1.807) is 0 Å². The van der Waals surface area contributed by atoms with Gasteiger partial charge < -0.3 is 14.6 Å². The summed E-state index contributed by atoms with van der Waals surface area (Å²) in [5.41, 5.74) is 4.14. The average molecular weight is 398 g/mol. The molecule has 1 saturated heterocycles. The van der Waals surface area contributed by atoms with Crippen molar-refractivity contribution < 1.29 is 9.53 Å². The highest BCUT2D eigenvalue weighted by atomic mass is 16.5. The molecule has 5 nitrogen and oxygen atoms in total. The lowest BCUT2D eigenvalue weighted by molar-refractivity contribution is 0.00672. The Morgan fingerprint density at radius 3 is 2.38 bits per heavy atom. The molecule has 1 fully saturated rings. The molecule has 1 N–H and O–H groups in total. The molecular formula is C24H35N3O2. The molecule has 29 heavy (non-hydrogen) atoms. The fourth-order valence-electron chi connectivity index (χ4n) is 4.47. The van der Waals surface area contributed by atoms with Gasteiger partial charge >= 0.3 is 0 Å². The molecule has 1 aromatic carbocycles. The molecule has 1 aromatic heterocycles. The number of carbonyl (C=O) groups is 1. The second kappa shape index (κ2) is 9.59. The normalized spacial score (nSPS) is 17.3. The average Bonchev–Trinajstić information content (AvgIpc) is 3.03. The highest BCUT2D eigenvalue weighted by Gasteiger charge is 2.25. The zero-order valence-electron chi connectivity index (χ0n) is 18.4. The van der Waals surface area contributed by atoms with Crippen LogP contribution in [-0.2, 0) is 4.74 Å². The number of hydrogen-bond acceptors (Lipinski definition) is 3. The highest BCUT2D eigenvalue weighted by molar-refractivity contribution is 5.95. The summed E-state index contributed by atoms with van der Waals surface area (Å²) < 4.78 is 7.74. The van der Waals surface area contributed by atoms with Crippen molar-refractivity contribution in [2.75, 3.05) is 32.8 Å². The summed E-state index contributed by atoms with van der Waals surface area (Å²) in [4.78, 5) is 15.5. The van der Waals surface area contributed by atoms with E-state index in [1.807, 2.05) is 19.1 Å². The van der Waals surface area contributed by atoms with Crippen LogP contribution >= 0.6 is 0 Å². The second-order valence-corrected chi connectivity index (χ2v) is 8.41. The summed E-state index contributed by atoms with van der Waals surface area (Å²) in [5, 5.41) is 3.20. The molecule has 0 aliphatic carbocycles. The zero-order valence-corrected chi connectivity index (χ0v) is 18.4. The standard InChI is InChI=1S/C24H35N3O2/c1-17(2)23(26-11-13-29-14-12-26)16-25-24(28)22-15-18(3)27(20(22)5)19(4)21-9-7-6-8-10-21/h6-10,15,17,19,23H,11-14,16H2,1-5H3,(H,25,28). The molecule has 1 aliphatic rings. The van der Waals surface area contributed by atoms with E-state index in [-0.39, 0.29) is 11.9 Å². The van der Waals surface area contributed by atoms with E-state index >= 15 is 0 Å². The van der Waals surface area contributed by atoms with E-state index in [0.29, 0.717) is 18.5 Å². The Hall–Kier alpha value is -2.11. The van der Waals surface area contributed by atoms with E-state index < -0.39 is 0 Å². The van der Waals surface area contributed by atoms with Gasteiger partial charge in [0.05, 0.1) is 24.8 Å². The SMILES string of the molecule is Cc1cc(C(=O)NCC(C(C)C)N2CCOCC2)c(C)n1C(C)c1ccccc1. The summed E-state index contributed by atoms with van der Waals surface area (Å²) in [6, 6.07) is 13.0. The van der Waals surface area contributed by atoms with Gasteiger partial charge in [0.2, 0.25) is 0 Å². The molecule has 0 bridgehead atoms. The Balaban J connectivity index is 1.72. The van der Waals surface area contributed by atoms with Gasteiger partial charge in [-0.15, -0.1) is 0 Å². The van der Waals surface area contributed by atoms with Crippen molar-refractivity contribution in [2.45, 2.75) is 46.7 Å². The quantitative estimate of drug-likeness (QED) is 0.773. The van der Waals surface area contributed by atoms with Crippen molar-refractivity contribution in [2.24, 2.45) is 5.92 Å². The molecule has 2 aromatic rings. The van der Waals surface area contributed by atoms with Crippen LogP contribution in [0.1, 0.15) is 54.1 Å². The molecule has 2 atom stereocenters. The number of morpholine rings is 1. The van der Waals surface area contributed by atoms with Crippen molar-refractivity contribution in [1.29, 1.82) is 0 Å². The highest BCUT2D eigenvalue weighted by Crippen LogP contribution is 2.25. The maximum Gasteiger partial charge on any atom is 0.253 e. The molecule has 0 saturated carbocycles. The van der Waals surface area contributed by atoms with Crippen LogP contribution in [0.3, 0.4) is 0 Å². The van der Waals surface area contributed by atoms with E-state index in [2.05, 4.69) is 66.7 Å². The van der Waals surface area contributed by atoms with Gasteiger partial charge in [-0.25, -0.2) is 0 Å². The van der Waals surface area contributed by atoms with Crippen LogP contribution < -0.4 is 5.32 Å². The van der Waals surface area contributed by atoms with Crippen molar-refractivity contribution in [3.63, 3.8) is 0 Å². The van der Waals surface area contributed by atoms with Gasteiger partial charge in [0.15, 0.2) is 0 Å². The number of rotatable bonds is 7. The van der Waals surface area contributed by atoms with E-state index in [0.717, 1.165) is 43.3 Å². The van der Waals surface area contributed by atoms with E-state index in [9.17, 15) is 4.79 Å². The first kappa shape index (κ1) is 21.6. The van der Waals surface area contributed by atoms with E-state index in [1.165, 1.54) is 5.56 Å². The summed E-state index contributed by atoms with van der Waals surface area (Å²) in [5.74, 6) is 0.488. The van der Waals surface area contributed by atoms with E-state index in [4.69, 9.17) is 4.74 Å². The summed E-state index contributed by atoms with van der Waals surface area (Å²) in [6.07, 6.45) is 0. The van der Waals surface area contributed by atoms with Crippen LogP contribution in [-0.4, -0.2) is 54.3 Å².